The number of carboxylic acid groups (broad SMARTS) is 2. The minimum absolute atomic E-state index is 0.105. The van der Waals surface area contributed by atoms with Gasteiger partial charge >= 0.3 is 11.9 Å². The lowest BCUT2D eigenvalue weighted by atomic mass is 10.1. The van der Waals surface area contributed by atoms with E-state index in [0.717, 1.165) is 4.90 Å². The number of aliphatic imine (C=N–C) groups is 1. The number of nitrogens with two attached hydrogens (primary N) is 4. The largest absolute Gasteiger partial charge is 0.481 e. The standard InChI is InChI=1S/C20H34N8O8/c21-10(3-1-7-25-20(23)24)16(32)26-11(5-6-14(22)29)18(34)28-8-2-4-13(28)17(33)27-12(19(35)36)9-15(30)31/h10-13H,1-9,21H2,(H2,22,29)(H,26,32)(H,27,33)(H,30,31)(H,35,36)(H4,23,24,25). The number of carboxylic acids is 2. The molecule has 1 aliphatic rings. The quantitative estimate of drug-likeness (QED) is 0.0594. The summed E-state index contributed by atoms with van der Waals surface area (Å²) in [6.07, 6.45) is -0.0433. The summed E-state index contributed by atoms with van der Waals surface area (Å²) in [5.74, 6) is -5.97. The number of aliphatic carboxylic acids is 2. The maximum absolute atomic E-state index is 13.2. The van der Waals surface area contributed by atoms with Crippen LogP contribution in [0.3, 0.4) is 0 Å². The van der Waals surface area contributed by atoms with Crippen LogP contribution in [0.5, 0.6) is 0 Å². The van der Waals surface area contributed by atoms with Gasteiger partial charge in [0.05, 0.1) is 12.5 Å². The third kappa shape index (κ3) is 10.1. The van der Waals surface area contributed by atoms with Crippen molar-refractivity contribution in [3.63, 3.8) is 0 Å². The van der Waals surface area contributed by atoms with Crippen molar-refractivity contribution in [3.8, 4) is 0 Å². The van der Waals surface area contributed by atoms with E-state index in [0.29, 0.717) is 12.8 Å². The maximum Gasteiger partial charge on any atom is 0.326 e. The van der Waals surface area contributed by atoms with Crippen molar-refractivity contribution >= 4 is 41.5 Å². The monoisotopic (exact) mass is 514 g/mol. The summed E-state index contributed by atoms with van der Waals surface area (Å²) in [5.41, 5.74) is 21.5. The van der Waals surface area contributed by atoms with E-state index >= 15 is 0 Å². The third-order valence-corrected chi connectivity index (χ3v) is 5.43. The molecule has 1 saturated heterocycles. The zero-order valence-corrected chi connectivity index (χ0v) is 19.7. The van der Waals surface area contributed by atoms with Crippen molar-refractivity contribution in [1.29, 1.82) is 0 Å². The van der Waals surface area contributed by atoms with E-state index in [2.05, 4.69) is 15.6 Å². The summed E-state index contributed by atoms with van der Waals surface area (Å²) in [6.45, 7) is 0.373. The molecule has 0 aromatic heterocycles. The van der Waals surface area contributed by atoms with Crippen LogP contribution in [0.4, 0.5) is 0 Å². The average molecular weight is 515 g/mol. The molecule has 4 unspecified atom stereocenters. The van der Waals surface area contributed by atoms with Gasteiger partial charge in [-0.2, -0.15) is 0 Å². The molecule has 0 bridgehead atoms. The van der Waals surface area contributed by atoms with Crippen LogP contribution < -0.4 is 33.6 Å². The molecule has 4 amide bonds. The molecule has 1 fully saturated rings. The lowest BCUT2D eigenvalue weighted by Gasteiger charge is -2.29. The van der Waals surface area contributed by atoms with Gasteiger partial charge in [-0.1, -0.05) is 0 Å². The highest BCUT2D eigenvalue weighted by atomic mass is 16.4. The Morgan fingerprint density at radius 3 is 2.22 bits per heavy atom. The maximum atomic E-state index is 13.2. The van der Waals surface area contributed by atoms with Crippen LogP contribution in [0, 0.1) is 0 Å². The number of carbonyl (C=O) groups is 6. The van der Waals surface area contributed by atoms with Crippen molar-refractivity contribution in [2.24, 2.45) is 27.9 Å². The van der Waals surface area contributed by atoms with Gasteiger partial charge in [0.15, 0.2) is 5.96 Å². The van der Waals surface area contributed by atoms with Crippen LogP contribution in [0.1, 0.15) is 44.9 Å². The summed E-state index contributed by atoms with van der Waals surface area (Å²) in [6, 6.07) is -5.01. The van der Waals surface area contributed by atoms with E-state index in [1.165, 1.54) is 0 Å². The lowest BCUT2D eigenvalue weighted by molar-refractivity contribution is -0.148. The SMILES string of the molecule is NC(=O)CCC(NC(=O)C(N)CCCN=C(N)N)C(=O)N1CCCC1C(=O)NC(CC(=O)O)C(=O)O. The molecule has 202 valence electrons. The Hall–Kier alpha value is -3.95. The van der Waals surface area contributed by atoms with Gasteiger partial charge in [0, 0.05) is 19.5 Å². The first-order valence-corrected chi connectivity index (χ1v) is 11.3. The van der Waals surface area contributed by atoms with Crippen molar-refractivity contribution < 1.29 is 39.0 Å². The average Bonchev–Trinajstić information content (AvgIpc) is 3.27. The van der Waals surface area contributed by atoms with Crippen LogP contribution in [-0.2, 0) is 28.8 Å². The molecule has 4 atom stereocenters. The van der Waals surface area contributed by atoms with Gasteiger partial charge in [-0.25, -0.2) is 4.79 Å². The van der Waals surface area contributed by atoms with Crippen molar-refractivity contribution in [3.05, 3.63) is 0 Å². The smallest absolute Gasteiger partial charge is 0.326 e. The van der Waals surface area contributed by atoms with Crippen molar-refractivity contribution in [2.75, 3.05) is 13.1 Å². The Labute approximate surface area is 206 Å². The Morgan fingerprint density at radius 2 is 1.67 bits per heavy atom. The molecule has 0 spiro atoms. The number of guanidine groups is 1. The summed E-state index contributed by atoms with van der Waals surface area (Å²) in [7, 11) is 0. The molecule has 0 aromatic carbocycles. The molecule has 16 heteroatoms. The molecule has 0 aliphatic carbocycles. The van der Waals surface area contributed by atoms with E-state index in [9.17, 15) is 33.9 Å². The van der Waals surface area contributed by atoms with E-state index in [4.69, 9.17) is 28.0 Å². The van der Waals surface area contributed by atoms with Crippen LogP contribution in [0.2, 0.25) is 0 Å². The topological polar surface area (TPSA) is 287 Å². The zero-order valence-electron chi connectivity index (χ0n) is 19.7. The third-order valence-electron chi connectivity index (χ3n) is 5.43. The van der Waals surface area contributed by atoms with E-state index < -0.39 is 66.2 Å². The fourth-order valence-electron chi connectivity index (χ4n) is 3.62. The molecule has 1 rings (SSSR count). The second-order valence-corrected chi connectivity index (χ2v) is 8.31. The molecule has 12 N–H and O–H groups in total. The molecule has 36 heavy (non-hydrogen) atoms. The summed E-state index contributed by atoms with van der Waals surface area (Å²) < 4.78 is 0. The number of hydrogen-bond donors (Lipinski definition) is 8. The Morgan fingerprint density at radius 1 is 1.00 bits per heavy atom. The molecule has 16 nitrogen and oxygen atoms in total. The first kappa shape index (κ1) is 30.1. The van der Waals surface area contributed by atoms with Crippen LogP contribution in [-0.4, -0.2) is 93.9 Å². The van der Waals surface area contributed by atoms with Gasteiger partial charge in [-0.3, -0.25) is 29.0 Å². The van der Waals surface area contributed by atoms with Gasteiger partial charge in [0.25, 0.3) is 0 Å². The molecule has 1 heterocycles. The Kier molecular flexibility index (Phi) is 12.1. The highest BCUT2D eigenvalue weighted by Gasteiger charge is 2.39. The molecular formula is C20H34N8O8. The van der Waals surface area contributed by atoms with Gasteiger partial charge in [0.2, 0.25) is 23.6 Å². The van der Waals surface area contributed by atoms with Crippen LogP contribution in [0.25, 0.3) is 0 Å². The predicted molar refractivity (Wildman–Crippen MR) is 125 cm³/mol. The van der Waals surface area contributed by atoms with Gasteiger partial charge in [-0.05, 0) is 32.1 Å². The van der Waals surface area contributed by atoms with Crippen molar-refractivity contribution in [1.82, 2.24) is 15.5 Å². The highest BCUT2D eigenvalue weighted by molar-refractivity contribution is 5.95. The zero-order chi connectivity index (χ0) is 27.4. The minimum Gasteiger partial charge on any atom is -0.481 e. The minimum atomic E-state index is -1.69. The highest BCUT2D eigenvalue weighted by Crippen LogP contribution is 2.20. The number of amides is 4. The van der Waals surface area contributed by atoms with Crippen LogP contribution >= 0.6 is 0 Å². The van der Waals surface area contributed by atoms with E-state index in [-0.39, 0.29) is 44.7 Å². The molecular weight excluding hydrogens is 480 g/mol. The second-order valence-electron chi connectivity index (χ2n) is 8.31. The predicted octanol–water partition coefficient (Wildman–Crippen LogP) is -3.85. The Balaban J connectivity index is 2.92. The van der Waals surface area contributed by atoms with Gasteiger partial charge < -0.3 is 48.7 Å². The normalized spacial score (nSPS) is 17.4. The van der Waals surface area contributed by atoms with Crippen molar-refractivity contribution in [2.45, 2.75) is 69.1 Å². The Bertz CT molecular complexity index is 876. The summed E-state index contributed by atoms with van der Waals surface area (Å²) in [5, 5.41) is 22.7. The molecule has 0 aromatic rings. The first-order valence-electron chi connectivity index (χ1n) is 11.3. The number of likely N-dealkylation sites (tertiary alicyclic amines) is 1. The fourth-order valence-corrected chi connectivity index (χ4v) is 3.62. The summed E-state index contributed by atoms with van der Waals surface area (Å²) >= 11 is 0. The lowest BCUT2D eigenvalue weighted by Crippen LogP contribution is -2.57. The number of nitrogens with one attached hydrogen (secondary N) is 2. The fraction of sp³-hybridized carbons (Fsp3) is 0.650. The van der Waals surface area contributed by atoms with Gasteiger partial charge in [0.1, 0.15) is 18.1 Å². The number of rotatable bonds is 15. The first-order chi connectivity index (χ1) is 16.8. The van der Waals surface area contributed by atoms with E-state index in [1.54, 1.807) is 0 Å². The van der Waals surface area contributed by atoms with Crippen LogP contribution in [0.15, 0.2) is 4.99 Å². The van der Waals surface area contributed by atoms with Gasteiger partial charge in [-0.15, -0.1) is 0 Å². The molecule has 1 aliphatic heterocycles. The van der Waals surface area contributed by atoms with E-state index in [1.807, 2.05) is 0 Å². The molecule has 0 saturated carbocycles. The second kappa shape index (κ2) is 14.4. The number of carbonyl (C=O) groups excluding carboxylic acids is 4. The number of hydrogen-bond acceptors (Lipinski definition) is 8. The molecule has 0 radical (unpaired) electrons. The number of nitrogens with zero attached hydrogens (tertiary/aromatic N) is 2. The number of primary amides is 1. The summed E-state index contributed by atoms with van der Waals surface area (Å²) in [4.78, 5) is 76.9.